The van der Waals surface area contributed by atoms with E-state index in [1.165, 1.54) is 10.9 Å². The zero-order valence-corrected chi connectivity index (χ0v) is 15.5. The molecule has 4 nitrogen and oxygen atoms in total. The van der Waals surface area contributed by atoms with Crippen molar-refractivity contribution in [3.05, 3.63) is 71.4 Å². The highest BCUT2D eigenvalue weighted by Gasteiger charge is 2.46. The topological polar surface area (TPSA) is 48.1 Å². The summed E-state index contributed by atoms with van der Waals surface area (Å²) in [6.07, 6.45) is 6.48. The van der Waals surface area contributed by atoms with E-state index in [1.807, 2.05) is 49.4 Å². The van der Waals surface area contributed by atoms with Crippen molar-refractivity contribution in [1.82, 2.24) is 15.2 Å². The molecule has 0 unspecified atom stereocenters. The maximum Gasteiger partial charge on any atom is 0.246 e. The molecule has 1 aromatic heterocycles. The Morgan fingerprint density at radius 3 is 2.74 bits per heavy atom. The van der Waals surface area contributed by atoms with Crippen LogP contribution in [0.1, 0.15) is 23.7 Å². The Kier molecular flexibility index (Phi) is 4.47. The summed E-state index contributed by atoms with van der Waals surface area (Å²) >= 11 is 0. The first-order valence-corrected chi connectivity index (χ1v) is 9.25. The van der Waals surface area contributed by atoms with Crippen LogP contribution in [-0.2, 0) is 23.3 Å². The Hall–Kier alpha value is -3.03. The van der Waals surface area contributed by atoms with Crippen LogP contribution in [0.25, 0.3) is 10.9 Å². The lowest BCUT2D eigenvalue weighted by atomic mass is 9.85. The van der Waals surface area contributed by atoms with Crippen LogP contribution in [0.2, 0.25) is 0 Å². The van der Waals surface area contributed by atoms with Crippen LogP contribution in [0.4, 0.5) is 0 Å². The molecular formula is C23H23N3O. The largest absolute Gasteiger partial charge is 0.356 e. The molecule has 0 fully saturated rings. The standard InChI is InChI=1S/C23H23N3O/c1-3-14-26-15-13-19-18-11-7-8-12-20(18)25-21(19)23(26,2)22(27)24-16-17-9-5-4-6-10-17/h1,4-12,25H,13-16H2,2H3,(H,24,27)/t23-/m1/s1. The van der Waals surface area contributed by atoms with Gasteiger partial charge in [0.15, 0.2) is 0 Å². The Labute approximate surface area is 159 Å². The third-order valence-electron chi connectivity index (χ3n) is 5.58. The predicted octanol–water partition coefficient (Wildman–Crippen LogP) is 3.19. The van der Waals surface area contributed by atoms with Gasteiger partial charge in [-0.25, -0.2) is 0 Å². The van der Waals surface area contributed by atoms with Crippen molar-refractivity contribution < 1.29 is 4.79 Å². The highest BCUT2D eigenvalue weighted by molar-refractivity contribution is 5.92. The molecule has 0 spiro atoms. The van der Waals surface area contributed by atoms with Gasteiger partial charge in [-0.15, -0.1) is 6.42 Å². The van der Waals surface area contributed by atoms with Crippen LogP contribution in [0.5, 0.6) is 0 Å². The number of terminal acetylenes is 1. The number of aromatic nitrogens is 1. The first-order valence-electron chi connectivity index (χ1n) is 9.25. The molecule has 0 aliphatic carbocycles. The summed E-state index contributed by atoms with van der Waals surface area (Å²) in [5, 5.41) is 4.30. The fraction of sp³-hybridized carbons (Fsp3) is 0.261. The molecule has 4 rings (SSSR count). The lowest BCUT2D eigenvalue weighted by molar-refractivity contribution is -0.134. The van der Waals surface area contributed by atoms with Gasteiger partial charge in [0.25, 0.3) is 0 Å². The van der Waals surface area contributed by atoms with E-state index in [9.17, 15) is 4.79 Å². The minimum absolute atomic E-state index is 0.0332. The predicted molar refractivity (Wildman–Crippen MR) is 108 cm³/mol. The molecule has 136 valence electrons. The van der Waals surface area contributed by atoms with E-state index in [0.29, 0.717) is 13.1 Å². The van der Waals surface area contributed by atoms with Gasteiger partial charge >= 0.3 is 0 Å². The zero-order chi connectivity index (χ0) is 18.9. The molecule has 0 radical (unpaired) electrons. The van der Waals surface area contributed by atoms with Crippen LogP contribution in [-0.4, -0.2) is 28.9 Å². The fourth-order valence-corrected chi connectivity index (χ4v) is 4.06. The van der Waals surface area contributed by atoms with Crippen LogP contribution in [0, 0.1) is 12.3 Å². The second kappa shape index (κ2) is 6.94. The molecule has 1 amide bonds. The van der Waals surface area contributed by atoms with Crippen molar-refractivity contribution >= 4 is 16.8 Å². The number of hydrogen-bond donors (Lipinski definition) is 2. The lowest BCUT2D eigenvalue weighted by Crippen LogP contribution is -2.57. The molecule has 1 atom stereocenters. The maximum absolute atomic E-state index is 13.4. The van der Waals surface area contributed by atoms with Crippen LogP contribution >= 0.6 is 0 Å². The molecule has 4 heteroatoms. The van der Waals surface area contributed by atoms with Crippen molar-refractivity contribution in [3.63, 3.8) is 0 Å². The first kappa shape index (κ1) is 17.4. The van der Waals surface area contributed by atoms with E-state index in [-0.39, 0.29) is 5.91 Å². The molecule has 27 heavy (non-hydrogen) atoms. The number of amides is 1. The molecule has 0 saturated heterocycles. The van der Waals surface area contributed by atoms with Gasteiger partial charge in [0.2, 0.25) is 5.91 Å². The molecule has 3 aromatic rings. The van der Waals surface area contributed by atoms with Crippen LogP contribution in [0.15, 0.2) is 54.6 Å². The van der Waals surface area contributed by atoms with Crippen molar-refractivity contribution in [3.8, 4) is 12.3 Å². The van der Waals surface area contributed by atoms with Crippen LogP contribution in [0.3, 0.4) is 0 Å². The molecule has 2 aromatic carbocycles. The van der Waals surface area contributed by atoms with E-state index in [4.69, 9.17) is 6.42 Å². The molecule has 1 aliphatic rings. The van der Waals surface area contributed by atoms with Gasteiger partial charge in [0, 0.05) is 29.7 Å². The van der Waals surface area contributed by atoms with Gasteiger partial charge in [-0.2, -0.15) is 0 Å². The Bertz CT molecular complexity index is 1020. The molecule has 2 heterocycles. The Morgan fingerprint density at radius 2 is 1.96 bits per heavy atom. The number of H-pyrrole nitrogens is 1. The van der Waals surface area contributed by atoms with Crippen molar-refractivity contribution in [2.45, 2.75) is 25.4 Å². The average molecular weight is 357 g/mol. The number of hydrogen-bond acceptors (Lipinski definition) is 2. The van der Waals surface area contributed by atoms with Gasteiger partial charge < -0.3 is 10.3 Å². The Morgan fingerprint density at radius 1 is 1.22 bits per heavy atom. The fourth-order valence-electron chi connectivity index (χ4n) is 4.06. The average Bonchev–Trinajstić information content (AvgIpc) is 3.09. The third kappa shape index (κ3) is 2.90. The molecular weight excluding hydrogens is 334 g/mol. The summed E-state index contributed by atoms with van der Waals surface area (Å²) in [4.78, 5) is 19.0. The summed E-state index contributed by atoms with van der Waals surface area (Å²) in [6, 6.07) is 18.2. The molecule has 0 saturated carbocycles. The molecule has 2 N–H and O–H groups in total. The molecule has 1 aliphatic heterocycles. The van der Waals surface area contributed by atoms with E-state index in [0.717, 1.165) is 29.7 Å². The van der Waals surface area contributed by atoms with Gasteiger partial charge in [-0.05, 0) is 30.5 Å². The number of para-hydroxylation sites is 1. The lowest BCUT2D eigenvalue weighted by Gasteiger charge is -2.42. The zero-order valence-electron chi connectivity index (χ0n) is 15.5. The second-order valence-corrected chi connectivity index (χ2v) is 7.14. The number of benzene rings is 2. The SMILES string of the molecule is C#CCN1CCc2c([nH]c3ccccc23)[C@]1(C)C(=O)NCc1ccccc1. The third-order valence-corrected chi connectivity index (χ3v) is 5.58. The number of carbonyl (C=O) groups is 1. The van der Waals surface area contributed by atoms with Crippen molar-refractivity contribution in [2.75, 3.05) is 13.1 Å². The van der Waals surface area contributed by atoms with Gasteiger partial charge in [0.1, 0.15) is 5.54 Å². The number of aromatic amines is 1. The van der Waals surface area contributed by atoms with E-state index in [1.54, 1.807) is 0 Å². The van der Waals surface area contributed by atoms with Crippen molar-refractivity contribution in [2.24, 2.45) is 0 Å². The second-order valence-electron chi connectivity index (χ2n) is 7.14. The smallest absolute Gasteiger partial charge is 0.246 e. The minimum Gasteiger partial charge on any atom is -0.356 e. The monoisotopic (exact) mass is 357 g/mol. The number of fused-ring (bicyclic) bond motifs is 3. The molecule has 0 bridgehead atoms. The van der Waals surface area contributed by atoms with E-state index < -0.39 is 5.54 Å². The first-order chi connectivity index (χ1) is 13.1. The Balaban J connectivity index is 1.72. The number of nitrogens with one attached hydrogen (secondary N) is 2. The van der Waals surface area contributed by atoms with Crippen molar-refractivity contribution in [1.29, 1.82) is 0 Å². The van der Waals surface area contributed by atoms with E-state index >= 15 is 0 Å². The summed E-state index contributed by atoms with van der Waals surface area (Å²) < 4.78 is 0. The highest BCUT2D eigenvalue weighted by atomic mass is 16.2. The summed E-state index contributed by atoms with van der Waals surface area (Å²) in [6.45, 7) is 3.66. The normalized spacial score (nSPS) is 19.4. The number of carbonyl (C=O) groups excluding carboxylic acids is 1. The van der Waals surface area contributed by atoms with Gasteiger partial charge in [-0.1, -0.05) is 54.5 Å². The highest BCUT2D eigenvalue weighted by Crippen LogP contribution is 2.38. The van der Waals surface area contributed by atoms with Crippen LogP contribution < -0.4 is 5.32 Å². The van der Waals surface area contributed by atoms with Gasteiger partial charge in [-0.3, -0.25) is 9.69 Å². The summed E-state index contributed by atoms with van der Waals surface area (Å²) in [7, 11) is 0. The summed E-state index contributed by atoms with van der Waals surface area (Å²) in [5.74, 6) is 2.68. The van der Waals surface area contributed by atoms with Gasteiger partial charge in [0.05, 0.1) is 6.54 Å². The van der Waals surface area contributed by atoms with E-state index in [2.05, 4.69) is 33.3 Å². The summed E-state index contributed by atoms with van der Waals surface area (Å²) in [5.41, 5.74) is 3.48. The number of rotatable bonds is 4. The quantitative estimate of drug-likeness (QED) is 0.705. The maximum atomic E-state index is 13.4. The number of nitrogens with zero attached hydrogens (tertiary/aromatic N) is 1. The minimum atomic E-state index is -0.826.